The van der Waals surface area contributed by atoms with Gasteiger partial charge >= 0.3 is 12.0 Å². The zero-order valence-corrected chi connectivity index (χ0v) is 17.5. The zero-order valence-electron chi connectivity index (χ0n) is 17.5. The van der Waals surface area contributed by atoms with Gasteiger partial charge in [0.25, 0.3) is 5.91 Å². The quantitative estimate of drug-likeness (QED) is 0.640. The molecule has 31 heavy (non-hydrogen) atoms. The molecular formula is C21H24N8O2. The lowest BCUT2D eigenvalue weighted by molar-refractivity contribution is 0.102. The van der Waals surface area contributed by atoms with Gasteiger partial charge in [-0.15, -0.1) is 0 Å². The van der Waals surface area contributed by atoms with Crippen LogP contribution in [0.1, 0.15) is 23.1 Å². The summed E-state index contributed by atoms with van der Waals surface area (Å²) in [5.74, 6) is 1.27. The fourth-order valence-electron chi connectivity index (χ4n) is 3.06. The van der Waals surface area contributed by atoms with Crippen molar-refractivity contribution in [2.45, 2.75) is 13.3 Å². The molecule has 0 aliphatic carbocycles. The second-order valence-corrected chi connectivity index (χ2v) is 7.12. The van der Waals surface area contributed by atoms with Crippen molar-refractivity contribution in [3.63, 3.8) is 0 Å². The average molecular weight is 420 g/mol. The maximum absolute atomic E-state index is 12.4. The second kappa shape index (κ2) is 9.43. The van der Waals surface area contributed by atoms with Crippen LogP contribution < -0.4 is 15.0 Å². The van der Waals surface area contributed by atoms with Crippen LogP contribution in [0.2, 0.25) is 0 Å². The van der Waals surface area contributed by atoms with E-state index in [4.69, 9.17) is 4.74 Å². The first-order chi connectivity index (χ1) is 15.1. The number of rotatable bonds is 6. The van der Waals surface area contributed by atoms with E-state index in [1.54, 1.807) is 30.3 Å². The van der Waals surface area contributed by atoms with Gasteiger partial charge < -0.3 is 19.9 Å². The van der Waals surface area contributed by atoms with E-state index in [0.29, 0.717) is 29.6 Å². The summed E-state index contributed by atoms with van der Waals surface area (Å²) in [6.45, 7) is 5.52. The molecule has 2 aromatic heterocycles. The third-order valence-electron chi connectivity index (χ3n) is 4.85. The fourth-order valence-corrected chi connectivity index (χ4v) is 3.06. The van der Waals surface area contributed by atoms with Crippen molar-refractivity contribution < 1.29 is 9.53 Å². The first-order valence-electron chi connectivity index (χ1n) is 10.2. The lowest BCUT2D eigenvalue weighted by Gasteiger charge is -2.32. The van der Waals surface area contributed by atoms with Gasteiger partial charge in [0.15, 0.2) is 0 Å². The Balaban J connectivity index is 1.50. The molecule has 3 aromatic rings. The van der Waals surface area contributed by atoms with Crippen LogP contribution in [0, 0.1) is 0 Å². The number of likely N-dealkylation sites (N-methyl/N-ethyl adjacent to an activating group) is 1. The molecule has 1 amide bonds. The summed E-state index contributed by atoms with van der Waals surface area (Å²) in [5, 5.41) is 2.74. The molecule has 0 spiro atoms. The third kappa shape index (κ3) is 5.28. The van der Waals surface area contributed by atoms with Crippen LogP contribution >= 0.6 is 0 Å². The number of aryl methyl sites for hydroxylation is 1. The first-order valence-corrected chi connectivity index (χ1v) is 10.2. The van der Waals surface area contributed by atoms with Crippen LogP contribution in [0.25, 0.3) is 0 Å². The fraction of sp³-hybridized carbons (Fsp3) is 0.333. The monoisotopic (exact) mass is 420 g/mol. The van der Waals surface area contributed by atoms with Crippen LogP contribution in [0.15, 0.2) is 42.6 Å². The number of benzene rings is 1. The number of aromatic nitrogens is 5. The largest absolute Gasteiger partial charge is 0.388 e. The average Bonchev–Trinajstić information content (AvgIpc) is 2.80. The molecular weight excluding hydrogens is 396 g/mol. The normalized spacial score (nSPS) is 14.3. The van der Waals surface area contributed by atoms with Gasteiger partial charge in [-0.2, -0.15) is 19.9 Å². The van der Waals surface area contributed by atoms with E-state index in [0.717, 1.165) is 26.2 Å². The number of piperazine rings is 1. The Morgan fingerprint density at radius 2 is 1.77 bits per heavy atom. The Kier molecular flexibility index (Phi) is 6.27. The highest BCUT2D eigenvalue weighted by Gasteiger charge is 2.19. The number of ether oxygens (including phenoxy) is 1. The molecule has 1 saturated heterocycles. The lowest BCUT2D eigenvalue weighted by atomic mass is 10.2. The highest BCUT2D eigenvalue weighted by molar-refractivity contribution is 6.03. The molecule has 1 N–H and O–H groups in total. The summed E-state index contributed by atoms with van der Waals surface area (Å²) in [5.41, 5.74) is 0.533. The predicted octanol–water partition coefficient (Wildman–Crippen LogP) is 2.02. The molecule has 0 radical (unpaired) electrons. The van der Waals surface area contributed by atoms with E-state index in [1.165, 1.54) is 6.20 Å². The summed E-state index contributed by atoms with van der Waals surface area (Å²) in [6, 6.07) is 10.7. The van der Waals surface area contributed by atoms with Crippen LogP contribution in [-0.4, -0.2) is 69.0 Å². The lowest BCUT2D eigenvalue weighted by Crippen LogP contribution is -2.45. The summed E-state index contributed by atoms with van der Waals surface area (Å²) < 4.78 is 5.73. The van der Waals surface area contributed by atoms with Gasteiger partial charge in [0.1, 0.15) is 11.6 Å². The summed E-state index contributed by atoms with van der Waals surface area (Å²) in [6.07, 6.45) is 2.15. The van der Waals surface area contributed by atoms with Crippen LogP contribution in [0.5, 0.6) is 12.0 Å². The molecule has 0 unspecified atom stereocenters. The summed E-state index contributed by atoms with van der Waals surface area (Å²) >= 11 is 0. The maximum atomic E-state index is 12.4. The number of carbonyl (C=O) groups is 1. The number of carbonyl (C=O) groups excluding carboxylic acids is 1. The number of anilines is 2. The maximum Gasteiger partial charge on any atom is 0.329 e. The van der Waals surface area contributed by atoms with E-state index in [2.05, 4.69) is 47.1 Å². The minimum absolute atomic E-state index is 0.0449. The van der Waals surface area contributed by atoms with Crippen LogP contribution in [-0.2, 0) is 6.42 Å². The number of hydrogen-bond donors (Lipinski definition) is 1. The van der Waals surface area contributed by atoms with E-state index in [-0.39, 0.29) is 17.9 Å². The highest BCUT2D eigenvalue weighted by Crippen LogP contribution is 2.19. The standard InChI is InChI=1S/C21H24N8O2/c1-3-16-24-19(29-13-11-28(2)12-14-29)27-21(25-16)31-20-22-10-9-17(26-20)23-18(30)15-7-5-4-6-8-15/h4-10H,3,11-14H2,1-2H3,(H,22,23,26,30). The van der Waals surface area contributed by atoms with Gasteiger partial charge in [-0.1, -0.05) is 25.1 Å². The molecule has 3 heterocycles. The molecule has 10 nitrogen and oxygen atoms in total. The molecule has 1 aliphatic rings. The smallest absolute Gasteiger partial charge is 0.329 e. The van der Waals surface area contributed by atoms with Crippen molar-refractivity contribution in [1.29, 1.82) is 0 Å². The Labute approximate surface area is 180 Å². The number of nitrogens with one attached hydrogen (secondary N) is 1. The van der Waals surface area contributed by atoms with Gasteiger partial charge in [-0.25, -0.2) is 4.98 Å². The van der Waals surface area contributed by atoms with E-state index >= 15 is 0 Å². The SMILES string of the molecule is CCc1nc(Oc2nccc(NC(=O)c3ccccc3)n2)nc(N2CCN(C)CC2)n1. The molecule has 1 fully saturated rings. The summed E-state index contributed by atoms with van der Waals surface area (Å²) in [4.78, 5) is 38.5. The van der Waals surface area contributed by atoms with Crippen molar-refractivity contribution in [1.82, 2.24) is 29.8 Å². The van der Waals surface area contributed by atoms with Gasteiger partial charge in [0.05, 0.1) is 0 Å². The van der Waals surface area contributed by atoms with Gasteiger partial charge in [0.2, 0.25) is 5.95 Å². The minimum Gasteiger partial charge on any atom is -0.388 e. The Hall–Kier alpha value is -3.66. The van der Waals surface area contributed by atoms with Crippen LogP contribution in [0.3, 0.4) is 0 Å². The third-order valence-corrected chi connectivity index (χ3v) is 4.85. The van der Waals surface area contributed by atoms with Gasteiger partial charge in [0, 0.05) is 44.4 Å². The van der Waals surface area contributed by atoms with Crippen molar-refractivity contribution in [3.8, 4) is 12.0 Å². The Bertz CT molecular complexity index is 1040. The van der Waals surface area contributed by atoms with E-state index < -0.39 is 0 Å². The predicted molar refractivity (Wildman–Crippen MR) is 115 cm³/mol. The first kappa shape index (κ1) is 20.6. The molecule has 0 saturated carbocycles. The van der Waals surface area contributed by atoms with Crippen molar-refractivity contribution in [2.75, 3.05) is 43.4 Å². The Morgan fingerprint density at radius 1 is 1.00 bits per heavy atom. The molecule has 4 rings (SSSR count). The van der Waals surface area contributed by atoms with Crippen molar-refractivity contribution in [3.05, 3.63) is 54.0 Å². The topological polar surface area (TPSA) is 109 Å². The molecule has 1 aromatic carbocycles. The zero-order chi connectivity index (χ0) is 21.6. The second-order valence-electron chi connectivity index (χ2n) is 7.12. The molecule has 160 valence electrons. The molecule has 10 heteroatoms. The molecule has 0 bridgehead atoms. The molecule has 1 aliphatic heterocycles. The number of nitrogens with zero attached hydrogens (tertiary/aromatic N) is 7. The molecule has 0 atom stereocenters. The van der Waals surface area contributed by atoms with E-state index in [1.807, 2.05) is 13.0 Å². The number of hydrogen-bond acceptors (Lipinski definition) is 9. The van der Waals surface area contributed by atoms with Crippen molar-refractivity contribution >= 4 is 17.7 Å². The van der Waals surface area contributed by atoms with E-state index in [9.17, 15) is 4.79 Å². The number of amides is 1. The minimum atomic E-state index is -0.268. The van der Waals surface area contributed by atoms with Gasteiger partial charge in [-0.3, -0.25) is 4.79 Å². The van der Waals surface area contributed by atoms with Gasteiger partial charge in [-0.05, 0) is 25.2 Å². The Morgan fingerprint density at radius 3 is 2.52 bits per heavy atom. The summed E-state index contributed by atoms with van der Waals surface area (Å²) in [7, 11) is 2.09. The van der Waals surface area contributed by atoms with Crippen molar-refractivity contribution in [2.24, 2.45) is 0 Å². The highest BCUT2D eigenvalue weighted by atomic mass is 16.5. The van der Waals surface area contributed by atoms with Crippen LogP contribution in [0.4, 0.5) is 11.8 Å².